The first-order chi connectivity index (χ1) is 9.92. The van der Waals surface area contributed by atoms with Crippen LogP contribution in [0.5, 0.6) is 0 Å². The van der Waals surface area contributed by atoms with Crippen molar-refractivity contribution in [1.82, 2.24) is 0 Å². The summed E-state index contributed by atoms with van der Waals surface area (Å²) in [6, 6.07) is 3.88. The lowest BCUT2D eigenvalue weighted by molar-refractivity contribution is 0.0697. The molecule has 110 valence electrons. The Kier molecular flexibility index (Phi) is 3.99. The van der Waals surface area contributed by atoms with Crippen LogP contribution in [0.25, 0.3) is 0 Å². The molecule has 4 N–H and O–H groups in total. The van der Waals surface area contributed by atoms with E-state index in [1.54, 1.807) is 0 Å². The van der Waals surface area contributed by atoms with E-state index in [0.29, 0.717) is 17.9 Å². The molecule has 0 aliphatic rings. The predicted molar refractivity (Wildman–Crippen MR) is 67.9 cm³/mol. The van der Waals surface area contributed by atoms with Crippen LogP contribution in [0.2, 0.25) is 0 Å². The Morgan fingerprint density at radius 1 is 1.24 bits per heavy atom. The lowest BCUT2D eigenvalue weighted by Crippen LogP contribution is -2.15. The monoisotopic (exact) mass is 296 g/mol. The first kappa shape index (κ1) is 14.7. The van der Waals surface area contributed by atoms with E-state index < -0.39 is 29.1 Å². The smallest absolute Gasteiger partial charge is 0.337 e. The van der Waals surface area contributed by atoms with E-state index in [4.69, 9.17) is 15.3 Å². The van der Waals surface area contributed by atoms with Crippen LogP contribution in [0.15, 0.2) is 28.7 Å². The fourth-order valence-corrected chi connectivity index (χ4v) is 1.62. The summed E-state index contributed by atoms with van der Waals surface area (Å²) < 4.78 is 31.3. The fraction of sp³-hybridized carbons (Fsp3) is 0.0769. The maximum Gasteiger partial charge on any atom is 0.337 e. The molecule has 1 amide bonds. The number of hydrogen-bond donors (Lipinski definition) is 3. The highest BCUT2D eigenvalue weighted by Crippen LogP contribution is 2.21. The third-order valence-electron chi connectivity index (χ3n) is 2.63. The SMILES string of the molecule is NCc1ccc(C(=O)Nc2cc(F)c(F)cc2C(=O)O)o1. The highest BCUT2D eigenvalue weighted by molar-refractivity contribution is 6.06. The van der Waals surface area contributed by atoms with Crippen LogP contribution in [0, 0.1) is 11.6 Å². The Morgan fingerprint density at radius 3 is 2.48 bits per heavy atom. The second-order valence-electron chi connectivity index (χ2n) is 4.04. The van der Waals surface area contributed by atoms with E-state index in [-0.39, 0.29) is 18.0 Å². The summed E-state index contributed by atoms with van der Waals surface area (Å²) in [4.78, 5) is 22.8. The predicted octanol–water partition coefficient (Wildman–Crippen LogP) is 1.97. The molecule has 0 unspecified atom stereocenters. The van der Waals surface area contributed by atoms with E-state index in [1.807, 2.05) is 0 Å². The maximum absolute atomic E-state index is 13.2. The van der Waals surface area contributed by atoms with Gasteiger partial charge in [0.1, 0.15) is 5.76 Å². The number of benzene rings is 1. The minimum Gasteiger partial charge on any atom is -0.478 e. The zero-order valence-electron chi connectivity index (χ0n) is 10.5. The van der Waals surface area contributed by atoms with E-state index >= 15 is 0 Å². The van der Waals surface area contributed by atoms with Crippen LogP contribution in [-0.4, -0.2) is 17.0 Å². The molecule has 1 aromatic heterocycles. The third kappa shape index (κ3) is 3.06. The van der Waals surface area contributed by atoms with Gasteiger partial charge in [-0.25, -0.2) is 13.6 Å². The molecule has 0 spiro atoms. The first-order valence-corrected chi connectivity index (χ1v) is 5.75. The minimum absolute atomic E-state index is 0.0822. The molecule has 0 atom stereocenters. The molecule has 0 saturated carbocycles. The summed E-state index contributed by atoms with van der Waals surface area (Å²) in [5.74, 6) is -4.69. The molecule has 0 aliphatic carbocycles. The van der Waals surface area contributed by atoms with Crippen molar-refractivity contribution in [3.8, 4) is 0 Å². The van der Waals surface area contributed by atoms with Gasteiger partial charge in [0.15, 0.2) is 17.4 Å². The first-order valence-electron chi connectivity index (χ1n) is 5.75. The number of nitrogens with one attached hydrogen (secondary N) is 1. The molecule has 0 bridgehead atoms. The van der Waals surface area contributed by atoms with Crippen molar-refractivity contribution in [2.45, 2.75) is 6.54 Å². The van der Waals surface area contributed by atoms with E-state index in [9.17, 15) is 18.4 Å². The molecule has 6 nitrogen and oxygen atoms in total. The second kappa shape index (κ2) is 5.71. The van der Waals surface area contributed by atoms with Gasteiger partial charge in [0.25, 0.3) is 5.91 Å². The summed E-state index contributed by atoms with van der Waals surface area (Å²) in [6.07, 6.45) is 0. The Balaban J connectivity index is 2.32. The van der Waals surface area contributed by atoms with Crippen LogP contribution in [0.4, 0.5) is 14.5 Å². The molecule has 2 aromatic rings. The number of aromatic carboxylic acids is 1. The number of nitrogens with two attached hydrogens (primary N) is 1. The number of carboxylic acid groups (broad SMARTS) is 1. The van der Waals surface area contributed by atoms with Crippen LogP contribution >= 0.6 is 0 Å². The Hall–Kier alpha value is -2.74. The number of hydrogen-bond acceptors (Lipinski definition) is 4. The Morgan fingerprint density at radius 2 is 1.90 bits per heavy atom. The van der Waals surface area contributed by atoms with E-state index in [2.05, 4.69) is 5.32 Å². The van der Waals surface area contributed by atoms with Crippen molar-refractivity contribution < 1.29 is 27.9 Å². The number of anilines is 1. The summed E-state index contributed by atoms with van der Waals surface area (Å²) in [5, 5.41) is 11.1. The summed E-state index contributed by atoms with van der Waals surface area (Å²) in [5.41, 5.74) is 4.37. The van der Waals surface area contributed by atoms with Gasteiger partial charge in [0.2, 0.25) is 0 Å². The zero-order valence-corrected chi connectivity index (χ0v) is 10.5. The largest absolute Gasteiger partial charge is 0.478 e. The molecular formula is C13H10F2N2O4. The normalized spacial score (nSPS) is 10.4. The third-order valence-corrected chi connectivity index (χ3v) is 2.63. The van der Waals surface area contributed by atoms with Crippen LogP contribution in [0.3, 0.4) is 0 Å². The molecule has 2 rings (SSSR count). The maximum atomic E-state index is 13.2. The topological polar surface area (TPSA) is 106 Å². The number of halogens is 2. The second-order valence-corrected chi connectivity index (χ2v) is 4.04. The lowest BCUT2D eigenvalue weighted by atomic mass is 10.1. The van der Waals surface area contributed by atoms with Crippen molar-refractivity contribution in [1.29, 1.82) is 0 Å². The quantitative estimate of drug-likeness (QED) is 0.799. The van der Waals surface area contributed by atoms with Crippen molar-refractivity contribution in [3.63, 3.8) is 0 Å². The molecule has 0 saturated heterocycles. The number of carbonyl (C=O) groups excluding carboxylic acids is 1. The van der Waals surface area contributed by atoms with E-state index in [1.165, 1.54) is 12.1 Å². The summed E-state index contributed by atoms with van der Waals surface area (Å²) in [7, 11) is 0. The van der Waals surface area contributed by atoms with Gasteiger partial charge < -0.3 is 20.6 Å². The van der Waals surface area contributed by atoms with Gasteiger partial charge in [0.05, 0.1) is 17.8 Å². The average molecular weight is 296 g/mol. The number of carbonyl (C=O) groups is 2. The van der Waals surface area contributed by atoms with Crippen LogP contribution in [0.1, 0.15) is 26.7 Å². The number of amides is 1. The van der Waals surface area contributed by atoms with Gasteiger partial charge in [-0.1, -0.05) is 0 Å². The number of carboxylic acids is 1. The van der Waals surface area contributed by atoms with Crippen molar-refractivity contribution in [3.05, 3.63) is 53.0 Å². The fourth-order valence-electron chi connectivity index (χ4n) is 1.62. The highest BCUT2D eigenvalue weighted by Gasteiger charge is 2.19. The summed E-state index contributed by atoms with van der Waals surface area (Å²) in [6.45, 7) is 0.0822. The Bertz CT molecular complexity index is 712. The van der Waals surface area contributed by atoms with Crippen molar-refractivity contribution >= 4 is 17.6 Å². The standard InChI is InChI=1S/C13H10F2N2O4/c14-8-3-7(13(19)20)10(4-9(8)15)17-12(18)11-2-1-6(5-16)21-11/h1-4H,5,16H2,(H,17,18)(H,19,20). The van der Waals surface area contributed by atoms with Gasteiger partial charge in [-0.3, -0.25) is 4.79 Å². The van der Waals surface area contributed by atoms with Gasteiger partial charge in [0, 0.05) is 6.07 Å². The molecule has 1 heterocycles. The molecule has 0 fully saturated rings. The van der Waals surface area contributed by atoms with Crippen molar-refractivity contribution in [2.24, 2.45) is 5.73 Å². The van der Waals surface area contributed by atoms with Gasteiger partial charge in [-0.05, 0) is 18.2 Å². The molecule has 0 radical (unpaired) electrons. The molecule has 8 heteroatoms. The van der Waals surface area contributed by atoms with Crippen LogP contribution < -0.4 is 11.1 Å². The zero-order chi connectivity index (χ0) is 15.6. The molecule has 0 aliphatic heterocycles. The Labute approximate surface area is 117 Å². The van der Waals surface area contributed by atoms with Gasteiger partial charge in [-0.2, -0.15) is 0 Å². The van der Waals surface area contributed by atoms with Gasteiger partial charge >= 0.3 is 5.97 Å². The number of furan rings is 1. The van der Waals surface area contributed by atoms with E-state index in [0.717, 1.165) is 0 Å². The lowest BCUT2D eigenvalue weighted by Gasteiger charge is -2.08. The van der Waals surface area contributed by atoms with Crippen LogP contribution in [-0.2, 0) is 6.54 Å². The molecule has 1 aromatic carbocycles. The van der Waals surface area contributed by atoms with Crippen molar-refractivity contribution in [2.75, 3.05) is 5.32 Å². The molecule has 21 heavy (non-hydrogen) atoms. The minimum atomic E-state index is -1.51. The average Bonchev–Trinajstić information content (AvgIpc) is 2.91. The molecular weight excluding hydrogens is 286 g/mol. The number of rotatable bonds is 4. The van der Waals surface area contributed by atoms with Gasteiger partial charge in [-0.15, -0.1) is 0 Å². The summed E-state index contributed by atoms with van der Waals surface area (Å²) >= 11 is 0. The highest BCUT2D eigenvalue weighted by atomic mass is 19.2.